The van der Waals surface area contributed by atoms with Crippen molar-refractivity contribution >= 4 is 29.1 Å². The van der Waals surface area contributed by atoms with Crippen molar-refractivity contribution in [3.8, 4) is 5.75 Å². The van der Waals surface area contributed by atoms with E-state index >= 15 is 0 Å². The van der Waals surface area contributed by atoms with Gasteiger partial charge in [0.1, 0.15) is 11.8 Å². The van der Waals surface area contributed by atoms with Gasteiger partial charge in [0, 0.05) is 31.7 Å². The molecule has 29 heavy (non-hydrogen) atoms. The van der Waals surface area contributed by atoms with Gasteiger partial charge in [-0.15, -0.1) is 0 Å². The molecule has 7 heteroatoms. The fraction of sp³-hybridized carbons (Fsp3) is 0.364. The molecule has 6 nitrogen and oxygen atoms in total. The van der Waals surface area contributed by atoms with Crippen LogP contribution >= 0.6 is 11.6 Å². The number of carbonyl (C=O) groups excluding carboxylic acids is 2. The highest BCUT2D eigenvalue weighted by atomic mass is 35.5. The van der Waals surface area contributed by atoms with Crippen LogP contribution in [0.2, 0.25) is 5.02 Å². The van der Waals surface area contributed by atoms with E-state index in [0.29, 0.717) is 29.4 Å². The number of likely N-dealkylation sites (tertiary alicyclic amines) is 1. The molecule has 1 unspecified atom stereocenters. The van der Waals surface area contributed by atoms with Gasteiger partial charge in [0.05, 0.1) is 12.1 Å². The van der Waals surface area contributed by atoms with Crippen LogP contribution in [0.3, 0.4) is 0 Å². The minimum atomic E-state index is -0.580. The summed E-state index contributed by atoms with van der Waals surface area (Å²) in [6, 6.07) is 14.0. The number of nitrogens with zero attached hydrogens (tertiary/aromatic N) is 1. The Labute approximate surface area is 176 Å². The summed E-state index contributed by atoms with van der Waals surface area (Å²) in [7, 11) is 1.54. The zero-order valence-electron chi connectivity index (χ0n) is 16.5. The van der Waals surface area contributed by atoms with Crippen molar-refractivity contribution in [3.05, 3.63) is 59.1 Å². The molecule has 2 N–H and O–H groups in total. The maximum absolute atomic E-state index is 13.0. The number of benzene rings is 2. The lowest BCUT2D eigenvalue weighted by molar-refractivity contribution is -0.130. The van der Waals surface area contributed by atoms with Crippen LogP contribution < -0.4 is 15.4 Å². The van der Waals surface area contributed by atoms with Crippen LogP contribution in [-0.4, -0.2) is 43.5 Å². The van der Waals surface area contributed by atoms with Crippen molar-refractivity contribution in [1.29, 1.82) is 0 Å². The lowest BCUT2D eigenvalue weighted by Crippen LogP contribution is -2.36. The normalized spacial score (nSPS) is 14.5. The molecular formula is C22H26ClN3O3. The number of hydrogen-bond donors (Lipinski definition) is 2. The summed E-state index contributed by atoms with van der Waals surface area (Å²) in [6.07, 6.45) is 2.50. The third kappa shape index (κ3) is 5.71. The second-order valence-electron chi connectivity index (χ2n) is 6.97. The van der Waals surface area contributed by atoms with Crippen LogP contribution in [0.15, 0.2) is 48.5 Å². The molecule has 3 rings (SSSR count). The molecule has 2 amide bonds. The van der Waals surface area contributed by atoms with Crippen LogP contribution in [0.25, 0.3) is 0 Å². The molecule has 0 saturated carbocycles. The molecule has 0 aliphatic carbocycles. The Morgan fingerprint density at radius 3 is 2.52 bits per heavy atom. The molecule has 0 bridgehead atoms. The van der Waals surface area contributed by atoms with Crippen molar-refractivity contribution in [1.82, 2.24) is 10.2 Å². The topological polar surface area (TPSA) is 70.7 Å². The highest BCUT2D eigenvalue weighted by molar-refractivity contribution is 6.32. The molecule has 154 valence electrons. The average molecular weight is 416 g/mol. The maximum Gasteiger partial charge on any atom is 0.246 e. The van der Waals surface area contributed by atoms with Crippen molar-refractivity contribution in [3.63, 3.8) is 0 Å². The van der Waals surface area contributed by atoms with E-state index in [0.717, 1.165) is 31.5 Å². The minimum Gasteiger partial charge on any atom is -0.495 e. The summed E-state index contributed by atoms with van der Waals surface area (Å²) in [5.74, 6) is 0.457. The number of hydrogen-bond acceptors (Lipinski definition) is 4. The maximum atomic E-state index is 13.0. The summed E-state index contributed by atoms with van der Waals surface area (Å²) in [5.41, 5.74) is 1.41. The van der Waals surface area contributed by atoms with Gasteiger partial charge in [-0.25, -0.2) is 0 Å². The smallest absolute Gasteiger partial charge is 0.246 e. The van der Waals surface area contributed by atoms with Gasteiger partial charge in [0.15, 0.2) is 0 Å². The minimum absolute atomic E-state index is 0.129. The van der Waals surface area contributed by atoms with Crippen molar-refractivity contribution in [2.24, 2.45) is 0 Å². The molecule has 1 aliphatic rings. The largest absolute Gasteiger partial charge is 0.495 e. The molecule has 0 aromatic heterocycles. The number of nitrogens with one attached hydrogen (secondary N) is 2. The number of halogens is 1. The molecule has 1 atom stereocenters. The standard InChI is InChI=1S/C22H26ClN3O3/c1-29-19-10-9-17(15-18(19)23)25-22(28)21(16-7-3-2-4-8-16)24-12-11-20(27)26-13-5-6-14-26/h2-4,7-10,15,21,24H,5-6,11-14H2,1H3,(H,25,28). The third-order valence-corrected chi connectivity index (χ3v) is 5.26. The van der Waals surface area contributed by atoms with E-state index in [2.05, 4.69) is 10.6 Å². The fourth-order valence-corrected chi connectivity index (χ4v) is 3.67. The number of carbonyl (C=O) groups is 2. The Bertz CT molecular complexity index is 838. The Kier molecular flexibility index (Phi) is 7.49. The second-order valence-corrected chi connectivity index (χ2v) is 7.38. The zero-order chi connectivity index (χ0) is 20.6. The number of anilines is 1. The molecule has 1 saturated heterocycles. The van der Waals surface area contributed by atoms with Gasteiger partial charge in [0.2, 0.25) is 11.8 Å². The van der Waals surface area contributed by atoms with E-state index < -0.39 is 6.04 Å². The van der Waals surface area contributed by atoms with Crippen LogP contribution in [-0.2, 0) is 9.59 Å². The molecule has 1 aliphatic heterocycles. The Balaban J connectivity index is 1.65. The first-order valence-electron chi connectivity index (χ1n) is 9.79. The number of rotatable bonds is 8. The van der Waals surface area contributed by atoms with E-state index in [9.17, 15) is 9.59 Å². The summed E-state index contributed by atoms with van der Waals surface area (Å²) >= 11 is 6.16. The molecule has 0 radical (unpaired) electrons. The predicted octanol–water partition coefficient (Wildman–Crippen LogP) is 3.63. The van der Waals surface area contributed by atoms with Gasteiger partial charge in [0.25, 0.3) is 0 Å². The number of amides is 2. The van der Waals surface area contributed by atoms with Gasteiger partial charge < -0.3 is 20.3 Å². The van der Waals surface area contributed by atoms with E-state index in [1.807, 2.05) is 35.2 Å². The molecule has 1 fully saturated rings. The molecule has 0 spiro atoms. The molecule has 2 aromatic rings. The van der Waals surface area contributed by atoms with Crippen molar-refractivity contribution in [2.75, 3.05) is 32.1 Å². The van der Waals surface area contributed by atoms with Gasteiger partial charge in [-0.2, -0.15) is 0 Å². The highest BCUT2D eigenvalue weighted by Crippen LogP contribution is 2.27. The lowest BCUT2D eigenvalue weighted by atomic mass is 10.1. The summed E-state index contributed by atoms with van der Waals surface area (Å²) < 4.78 is 5.15. The first kappa shape index (κ1) is 21.1. The molecule has 2 aromatic carbocycles. The van der Waals surface area contributed by atoms with Crippen LogP contribution in [0.1, 0.15) is 30.9 Å². The van der Waals surface area contributed by atoms with E-state index in [1.54, 1.807) is 18.2 Å². The van der Waals surface area contributed by atoms with Crippen molar-refractivity contribution < 1.29 is 14.3 Å². The zero-order valence-corrected chi connectivity index (χ0v) is 17.2. The van der Waals surface area contributed by atoms with E-state index in [4.69, 9.17) is 16.3 Å². The second kappa shape index (κ2) is 10.3. The lowest BCUT2D eigenvalue weighted by Gasteiger charge is -2.20. The highest BCUT2D eigenvalue weighted by Gasteiger charge is 2.22. The van der Waals surface area contributed by atoms with Crippen molar-refractivity contribution in [2.45, 2.75) is 25.3 Å². The Morgan fingerprint density at radius 2 is 1.86 bits per heavy atom. The number of ether oxygens (including phenoxy) is 1. The van der Waals surface area contributed by atoms with Crippen LogP contribution in [0.4, 0.5) is 5.69 Å². The number of methoxy groups -OCH3 is 1. The SMILES string of the molecule is COc1ccc(NC(=O)C(NCCC(=O)N2CCCC2)c2ccccc2)cc1Cl. The van der Waals surface area contributed by atoms with E-state index in [-0.39, 0.29) is 11.8 Å². The van der Waals surface area contributed by atoms with Crippen LogP contribution in [0.5, 0.6) is 5.75 Å². The van der Waals surface area contributed by atoms with Gasteiger partial charge in [-0.1, -0.05) is 41.9 Å². The monoisotopic (exact) mass is 415 g/mol. The summed E-state index contributed by atoms with van der Waals surface area (Å²) in [4.78, 5) is 27.1. The quantitative estimate of drug-likeness (QED) is 0.690. The Hall–Kier alpha value is -2.57. The summed E-state index contributed by atoms with van der Waals surface area (Å²) in [6.45, 7) is 2.09. The van der Waals surface area contributed by atoms with Gasteiger partial charge in [-0.3, -0.25) is 9.59 Å². The first-order valence-corrected chi connectivity index (χ1v) is 10.2. The fourth-order valence-electron chi connectivity index (χ4n) is 3.41. The predicted molar refractivity (Wildman–Crippen MR) is 114 cm³/mol. The third-order valence-electron chi connectivity index (χ3n) is 4.96. The Morgan fingerprint density at radius 1 is 1.14 bits per heavy atom. The molecular weight excluding hydrogens is 390 g/mol. The van der Waals surface area contributed by atoms with Gasteiger partial charge in [-0.05, 0) is 36.6 Å². The van der Waals surface area contributed by atoms with E-state index in [1.165, 1.54) is 7.11 Å². The molecule has 1 heterocycles. The van der Waals surface area contributed by atoms with Crippen LogP contribution in [0, 0.1) is 0 Å². The van der Waals surface area contributed by atoms with Gasteiger partial charge >= 0.3 is 0 Å². The summed E-state index contributed by atoms with van der Waals surface area (Å²) in [5, 5.41) is 6.54. The first-order chi connectivity index (χ1) is 14.1. The average Bonchev–Trinajstić information content (AvgIpc) is 3.27.